The van der Waals surface area contributed by atoms with Crippen LogP contribution < -0.4 is 5.32 Å². The van der Waals surface area contributed by atoms with Crippen molar-refractivity contribution in [1.29, 1.82) is 0 Å². The van der Waals surface area contributed by atoms with Crippen LogP contribution in [-0.2, 0) is 4.79 Å². The van der Waals surface area contributed by atoms with E-state index < -0.39 is 0 Å². The zero-order valence-electron chi connectivity index (χ0n) is 12.1. The fourth-order valence-electron chi connectivity index (χ4n) is 1.83. The average Bonchev–Trinajstić information content (AvgIpc) is 2.95. The van der Waals surface area contributed by atoms with Gasteiger partial charge in [0.25, 0.3) is 0 Å². The van der Waals surface area contributed by atoms with Gasteiger partial charge in [-0.15, -0.1) is 11.8 Å². The molecule has 0 aliphatic rings. The highest BCUT2D eigenvalue weighted by Gasteiger charge is 2.13. The van der Waals surface area contributed by atoms with Gasteiger partial charge >= 0.3 is 0 Å². The minimum absolute atomic E-state index is 0.0242. The van der Waals surface area contributed by atoms with E-state index in [0.717, 1.165) is 14.9 Å². The van der Waals surface area contributed by atoms with E-state index in [-0.39, 0.29) is 11.9 Å². The number of hydrogen-bond donors (Lipinski definition) is 2. The van der Waals surface area contributed by atoms with Gasteiger partial charge in [-0.25, -0.2) is 4.98 Å². The van der Waals surface area contributed by atoms with Crippen LogP contribution in [0.4, 0.5) is 0 Å². The second kappa shape index (κ2) is 7.09. The molecule has 2 rings (SSSR count). The summed E-state index contributed by atoms with van der Waals surface area (Å²) in [4.78, 5) is 17.1. The monoisotopic (exact) mass is 368 g/mol. The van der Waals surface area contributed by atoms with Crippen molar-refractivity contribution in [2.45, 2.75) is 31.7 Å². The summed E-state index contributed by atoms with van der Waals surface area (Å²) in [6.07, 6.45) is 1.43. The largest absolute Gasteiger partial charge is 0.346 e. The van der Waals surface area contributed by atoms with E-state index in [2.05, 4.69) is 48.6 Å². The number of hydrogen-bond acceptors (Lipinski definition) is 4. The Morgan fingerprint density at radius 1 is 1.43 bits per heavy atom. The molecule has 7 heteroatoms. The number of aryl methyl sites for hydroxylation is 2. The summed E-state index contributed by atoms with van der Waals surface area (Å²) in [5.74, 6) is 1.01. The first-order valence-electron chi connectivity index (χ1n) is 6.51. The first-order chi connectivity index (χ1) is 9.97. The molecule has 0 fully saturated rings. The van der Waals surface area contributed by atoms with Gasteiger partial charge in [0.05, 0.1) is 11.8 Å². The van der Waals surface area contributed by atoms with Crippen LogP contribution in [0.5, 0.6) is 0 Å². The van der Waals surface area contributed by atoms with Gasteiger partial charge in [-0.2, -0.15) is 5.10 Å². The normalized spacial score (nSPS) is 12.2. The number of nitrogens with one attached hydrogen (secondary N) is 2. The van der Waals surface area contributed by atoms with Crippen LogP contribution in [0.25, 0.3) is 0 Å². The SMILES string of the molecule is Cc1cc(SCC(=O)NC(C)c2ncn[nH]2)c(C)cc1Br. The quantitative estimate of drug-likeness (QED) is 0.795. The number of rotatable bonds is 5. The Labute approximate surface area is 136 Å². The molecule has 1 aromatic heterocycles. The second-order valence-electron chi connectivity index (χ2n) is 4.82. The summed E-state index contributed by atoms with van der Waals surface area (Å²) in [6.45, 7) is 5.96. The summed E-state index contributed by atoms with van der Waals surface area (Å²) in [6, 6.07) is 4.00. The molecule has 2 aromatic rings. The first-order valence-corrected chi connectivity index (χ1v) is 8.29. The third-order valence-electron chi connectivity index (χ3n) is 3.04. The molecule has 1 atom stereocenters. The number of carbonyl (C=O) groups excluding carboxylic acids is 1. The topological polar surface area (TPSA) is 70.7 Å². The molecule has 1 unspecified atom stereocenters. The first kappa shape index (κ1) is 16.0. The molecular weight excluding hydrogens is 352 g/mol. The standard InChI is InChI=1S/C14H17BrN4OS/c1-8-5-12(9(2)4-11(8)15)21-6-13(20)18-10(3)14-16-7-17-19-14/h4-5,7,10H,6H2,1-3H3,(H,18,20)(H,16,17,19). The van der Waals surface area contributed by atoms with E-state index >= 15 is 0 Å². The van der Waals surface area contributed by atoms with Gasteiger partial charge in [-0.1, -0.05) is 15.9 Å². The Kier molecular flexibility index (Phi) is 5.41. The molecule has 2 N–H and O–H groups in total. The van der Waals surface area contributed by atoms with Crippen LogP contribution in [0.3, 0.4) is 0 Å². The lowest BCUT2D eigenvalue weighted by Gasteiger charge is -2.12. The molecular formula is C14H17BrN4OS. The predicted molar refractivity (Wildman–Crippen MR) is 87.3 cm³/mol. The van der Waals surface area contributed by atoms with Gasteiger partial charge in [0.1, 0.15) is 12.2 Å². The van der Waals surface area contributed by atoms with Gasteiger partial charge in [0, 0.05) is 9.37 Å². The van der Waals surface area contributed by atoms with Crippen LogP contribution in [0.2, 0.25) is 0 Å². The highest BCUT2D eigenvalue weighted by Crippen LogP contribution is 2.28. The Bertz CT molecular complexity index is 630. The molecule has 112 valence electrons. The zero-order valence-corrected chi connectivity index (χ0v) is 14.5. The highest BCUT2D eigenvalue weighted by molar-refractivity contribution is 9.10. The van der Waals surface area contributed by atoms with Crippen molar-refractivity contribution in [3.8, 4) is 0 Å². The van der Waals surface area contributed by atoms with Crippen molar-refractivity contribution < 1.29 is 4.79 Å². The molecule has 0 spiro atoms. The van der Waals surface area contributed by atoms with Gasteiger partial charge in [-0.05, 0) is 44.0 Å². The summed E-state index contributed by atoms with van der Waals surface area (Å²) in [5, 5.41) is 9.42. The van der Waals surface area contributed by atoms with Crippen molar-refractivity contribution in [2.24, 2.45) is 0 Å². The van der Waals surface area contributed by atoms with Crippen molar-refractivity contribution in [1.82, 2.24) is 20.5 Å². The number of thioether (sulfide) groups is 1. The van der Waals surface area contributed by atoms with Crippen molar-refractivity contribution in [3.05, 3.63) is 39.9 Å². The van der Waals surface area contributed by atoms with E-state index in [1.54, 1.807) is 0 Å². The maximum atomic E-state index is 12.0. The number of aromatic amines is 1. The van der Waals surface area contributed by atoms with Gasteiger partial charge < -0.3 is 5.32 Å². The van der Waals surface area contributed by atoms with Crippen LogP contribution in [0.1, 0.15) is 29.9 Å². The Morgan fingerprint density at radius 3 is 2.86 bits per heavy atom. The van der Waals surface area contributed by atoms with Crippen LogP contribution in [0, 0.1) is 13.8 Å². The molecule has 0 bridgehead atoms. The van der Waals surface area contributed by atoms with E-state index in [1.807, 2.05) is 20.8 Å². The van der Waals surface area contributed by atoms with E-state index in [1.165, 1.54) is 23.7 Å². The minimum Gasteiger partial charge on any atom is -0.346 e. The molecule has 5 nitrogen and oxygen atoms in total. The number of carbonyl (C=O) groups is 1. The number of amides is 1. The molecule has 1 heterocycles. The van der Waals surface area contributed by atoms with Gasteiger partial charge in [0.2, 0.25) is 5.91 Å². The Balaban J connectivity index is 1.91. The third-order valence-corrected chi connectivity index (χ3v) is 5.05. The summed E-state index contributed by atoms with van der Waals surface area (Å²) in [5.41, 5.74) is 2.33. The third kappa shape index (κ3) is 4.31. The minimum atomic E-state index is -0.173. The highest BCUT2D eigenvalue weighted by atomic mass is 79.9. The molecule has 1 aromatic carbocycles. The molecule has 21 heavy (non-hydrogen) atoms. The van der Waals surface area contributed by atoms with E-state index in [4.69, 9.17) is 0 Å². The maximum absolute atomic E-state index is 12.0. The fraction of sp³-hybridized carbons (Fsp3) is 0.357. The maximum Gasteiger partial charge on any atom is 0.230 e. The van der Waals surface area contributed by atoms with Gasteiger partial charge in [0.15, 0.2) is 0 Å². The average molecular weight is 369 g/mol. The van der Waals surface area contributed by atoms with Crippen LogP contribution >= 0.6 is 27.7 Å². The summed E-state index contributed by atoms with van der Waals surface area (Å²) in [7, 11) is 0. The lowest BCUT2D eigenvalue weighted by atomic mass is 10.2. The van der Waals surface area contributed by atoms with Crippen molar-refractivity contribution in [3.63, 3.8) is 0 Å². The summed E-state index contributed by atoms with van der Waals surface area (Å²) >= 11 is 5.05. The number of halogens is 1. The number of H-pyrrole nitrogens is 1. The predicted octanol–water partition coefficient (Wildman–Crippen LogP) is 3.15. The molecule has 0 aliphatic carbocycles. The Morgan fingerprint density at radius 2 is 2.19 bits per heavy atom. The number of benzene rings is 1. The molecule has 1 amide bonds. The number of aromatic nitrogens is 3. The molecule has 0 saturated carbocycles. The smallest absolute Gasteiger partial charge is 0.230 e. The summed E-state index contributed by atoms with van der Waals surface area (Å²) < 4.78 is 1.09. The van der Waals surface area contributed by atoms with Crippen LogP contribution in [0.15, 0.2) is 27.8 Å². The zero-order chi connectivity index (χ0) is 15.4. The van der Waals surface area contributed by atoms with E-state index in [0.29, 0.717) is 11.6 Å². The van der Waals surface area contributed by atoms with Crippen molar-refractivity contribution >= 4 is 33.6 Å². The second-order valence-corrected chi connectivity index (χ2v) is 6.69. The molecule has 0 saturated heterocycles. The molecule has 0 radical (unpaired) electrons. The lowest BCUT2D eigenvalue weighted by molar-refractivity contribution is -0.119. The lowest BCUT2D eigenvalue weighted by Crippen LogP contribution is -2.28. The molecule has 0 aliphatic heterocycles. The van der Waals surface area contributed by atoms with E-state index in [9.17, 15) is 4.79 Å². The van der Waals surface area contributed by atoms with Crippen molar-refractivity contribution in [2.75, 3.05) is 5.75 Å². The number of nitrogens with zero attached hydrogens (tertiary/aromatic N) is 2. The van der Waals surface area contributed by atoms with Gasteiger partial charge in [-0.3, -0.25) is 9.89 Å². The fourth-order valence-corrected chi connectivity index (χ4v) is 3.20. The Hall–Kier alpha value is -1.34. The van der Waals surface area contributed by atoms with Crippen LogP contribution in [-0.4, -0.2) is 26.8 Å².